The summed E-state index contributed by atoms with van der Waals surface area (Å²) in [7, 11) is 0. The van der Waals surface area contributed by atoms with Crippen molar-refractivity contribution in [1.82, 2.24) is 0 Å². The number of carbonyl (C=O) groups is 1. The van der Waals surface area contributed by atoms with Crippen LogP contribution in [0.5, 0.6) is 0 Å². The van der Waals surface area contributed by atoms with E-state index in [-0.39, 0.29) is 16.7 Å². The van der Waals surface area contributed by atoms with Crippen molar-refractivity contribution in [3.8, 4) is 0 Å². The molecule has 0 amide bonds. The summed E-state index contributed by atoms with van der Waals surface area (Å²) in [5, 5.41) is 8.68. The number of carboxylic acid groups (broad SMARTS) is 1. The first-order chi connectivity index (χ1) is 7.79. The molecule has 1 atom stereocenters. The van der Waals surface area contributed by atoms with Crippen LogP contribution >= 0.6 is 15.9 Å². The minimum Gasteiger partial charge on any atom is -0.481 e. The van der Waals surface area contributed by atoms with Crippen molar-refractivity contribution >= 4 is 21.9 Å². The maximum absolute atomic E-state index is 10.6. The molecule has 17 heavy (non-hydrogen) atoms. The lowest BCUT2D eigenvalue weighted by molar-refractivity contribution is -0.136. The predicted octanol–water partition coefficient (Wildman–Crippen LogP) is 3.76. The van der Waals surface area contributed by atoms with Crippen molar-refractivity contribution in [1.29, 1.82) is 0 Å². The fourth-order valence-electron chi connectivity index (χ4n) is 1.66. The number of alkyl halides is 1. The summed E-state index contributed by atoms with van der Waals surface area (Å²) in [6.07, 6.45) is 0.901. The molecule has 0 fully saturated rings. The van der Waals surface area contributed by atoms with Crippen LogP contribution in [-0.2, 0) is 16.6 Å². The van der Waals surface area contributed by atoms with E-state index in [1.54, 1.807) is 0 Å². The van der Waals surface area contributed by atoms with Crippen molar-refractivity contribution in [3.05, 3.63) is 35.4 Å². The number of hydrogen-bond acceptors (Lipinski definition) is 1. The van der Waals surface area contributed by atoms with Gasteiger partial charge in [0.25, 0.3) is 0 Å². The zero-order chi connectivity index (χ0) is 13.1. The molecule has 2 nitrogen and oxygen atoms in total. The van der Waals surface area contributed by atoms with Gasteiger partial charge < -0.3 is 5.11 Å². The molecule has 94 valence electrons. The quantitative estimate of drug-likeness (QED) is 0.859. The monoisotopic (exact) mass is 298 g/mol. The molecule has 0 bridgehead atoms. The molecule has 0 saturated heterocycles. The highest BCUT2D eigenvalue weighted by Crippen LogP contribution is 2.23. The van der Waals surface area contributed by atoms with E-state index < -0.39 is 5.97 Å². The number of hydrogen-bond donors (Lipinski definition) is 1. The first-order valence-corrected chi connectivity index (χ1v) is 6.66. The summed E-state index contributed by atoms with van der Waals surface area (Å²) >= 11 is 3.39. The van der Waals surface area contributed by atoms with Crippen molar-refractivity contribution in [2.75, 3.05) is 0 Å². The predicted molar refractivity (Wildman–Crippen MR) is 73.8 cm³/mol. The maximum Gasteiger partial charge on any atom is 0.304 e. The largest absolute Gasteiger partial charge is 0.481 e. The molecule has 0 spiro atoms. The van der Waals surface area contributed by atoms with Crippen LogP contribution in [0.2, 0.25) is 0 Å². The number of halogens is 1. The molecule has 0 aliphatic heterocycles. The molecule has 3 heteroatoms. The molecule has 0 aliphatic carbocycles. The summed E-state index contributed by atoms with van der Waals surface area (Å²) < 4.78 is 0. The minimum atomic E-state index is -0.766. The van der Waals surface area contributed by atoms with Gasteiger partial charge in [-0.1, -0.05) is 61.0 Å². The Kier molecular flexibility index (Phi) is 4.75. The van der Waals surface area contributed by atoms with E-state index in [1.165, 1.54) is 11.1 Å². The highest BCUT2D eigenvalue weighted by Gasteiger charge is 2.14. The third-order valence-corrected chi connectivity index (χ3v) is 3.32. The van der Waals surface area contributed by atoms with Crippen molar-refractivity contribution in [3.63, 3.8) is 0 Å². The smallest absolute Gasteiger partial charge is 0.304 e. The van der Waals surface area contributed by atoms with Crippen LogP contribution in [-0.4, -0.2) is 15.9 Å². The fraction of sp³-hybridized carbons (Fsp3) is 0.500. The van der Waals surface area contributed by atoms with Crippen molar-refractivity contribution < 1.29 is 9.90 Å². The molecule has 1 N–H and O–H groups in total. The van der Waals surface area contributed by atoms with Crippen LogP contribution in [0.25, 0.3) is 0 Å². The minimum absolute atomic E-state index is 0.000451. The van der Waals surface area contributed by atoms with Gasteiger partial charge in [0.15, 0.2) is 0 Å². The van der Waals surface area contributed by atoms with Gasteiger partial charge in [0.2, 0.25) is 0 Å². The molecule has 0 aliphatic rings. The van der Waals surface area contributed by atoms with Gasteiger partial charge in [0.1, 0.15) is 0 Å². The summed E-state index contributed by atoms with van der Waals surface area (Å²) in [5.41, 5.74) is 2.62. The van der Waals surface area contributed by atoms with Crippen LogP contribution in [0.15, 0.2) is 24.3 Å². The Balaban J connectivity index is 2.66. The van der Waals surface area contributed by atoms with Gasteiger partial charge in [0.05, 0.1) is 6.42 Å². The topological polar surface area (TPSA) is 37.3 Å². The maximum atomic E-state index is 10.6. The van der Waals surface area contributed by atoms with Gasteiger partial charge in [-0.25, -0.2) is 0 Å². The first-order valence-electron chi connectivity index (χ1n) is 5.74. The van der Waals surface area contributed by atoms with Crippen LogP contribution in [0.1, 0.15) is 38.3 Å². The van der Waals surface area contributed by atoms with Gasteiger partial charge in [-0.15, -0.1) is 0 Å². The van der Waals surface area contributed by atoms with Gasteiger partial charge in [-0.05, 0) is 23.0 Å². The van der Waals surface area contributed by atoms with Crippen molar-refractivity contribution in [2.24, 2.45) is 0 Å². The Morgan fingerprint density at radius 1 is 1.29 bits per heavy atom. The average molecular weight is 299 g/mol. The SMILES string of the molecule is CC(C)(C)c1ccc(CC(Br)CC(=O)O)cc1. The molecular formula is C14H19BrO2. The first kappa shape index (κ1) is 14.2. The summed E-state index contributed by atoms with van der Waals surface area (Å²) in [6.45, 7) is 6.54. The zero-order valence-corrected chi connectivity index (χ0v) is 12.1. The second kappa shape index (κ2) is 5.67. The van der Waals surface area contributed by atoms with E-state index in [9.17, 15) is 4.79 Å². The lowest BCUT2D eigenvalue weighted by Gasteiger charge is -2.19. The summed E-state index contributed by atoms with van der Waals surface area (Å²) in [6, 6.07) is 8.40. The number of carboxylic acids is 1. The Morgan fingerprint density at radius 3 is 2.24 bits per heavy atom. The summed E-state index contributed by atoms with van der Waals surface area (Å²) in [5.74, 6) is -0.766. The standard InChI is InChI=1S/C14H19BrO2/c1-14(2,3)11-6-4-10(5-7-11)8-12(15)9-13(16)17/h4-7,12H,8-9H2,1-3H3,(H,16,17). The highest BCUT2D eigenvalue weighted by molar-refractivity contribution is 9.09. The van der Waals surface area contributed by atoms with Crippen molar-refractivity contribution in [2.45, 2.75) is 43.9 Å². The Labute approximate surface area is 111 Å². The molecule has 0 saturated carbocycles. The summed E-state index contributed by atoms with van der Waals surface area (Å²) in [4.78, 5) is 10.6. The van der Waals surface area contributed by atoms with Gasteiger partial charge in [-0.2, -0.15) is 0 Å². The average Bonchev–Trinajstić information content (AvgIpc) is 2.15. The molecular weight excluding hydrogens is 280 g/mol. The van der Waals surface area contributed by atoms with Gasteiger partial charge in [-0.3, -0.25) is 4.79 Å². The van der Waals surface area contributed by atoms with E-state index >= 15 is 0 Å². The molecule has 0 heterocycles. The van der Waals surface area contributed by atoms with Gasteiger partial charge >= 0.3 is 5.97 Å². The third kappa shape index (κ3) is 4.90. The fourth-order valence-corrected chi connectivity index (χ4v) is 2.31. The highest BCUT2D eigenvalue weighted by atomic mass is 79.9. The lowest BCUT2D eigenvalue weighted by Crippen LogP contribution is -2.12. The second-order valence-corrected chi connectivity index (χ2v) is 6.64. The third-order valence-electron chi connectivity index (χ3n) is 2.67. The van der Waals surface area contributed by atoms with Crippen LogP contribution in [0.4, 0.5) is 0 Å². The van der Waals surface area contributed by atoms with E-state index in [4.69, 9.17) is 5.11 Å². The zero-order valence-electron chi connectivity index (χ0n) is 10.5. The van der Waals surface area contributed by atoms with E-state index in [0.717, 1.165) is 6.42 Å². The molecule has 1 unspecified atom stereocenters. The molecule has 0 aromatic heterocycles. The lowest BCUT2D eigenvalue weighted by atomic mass is 9.86. The van der Waals surface area contributed by atoms with Crippen LogP contribution in [0.3, 0.4) is 0 Å². The Bertz CT molecular complexity index is 376. The molecule has 1 aromatic carbocycles. The normalized spacial score (nSPS) is 13.4. The van der Waals surface area contributed by atoms with E-state index in [0.29, 0.717) is 0 Å². The van der Waals surface area contributed by atoms with Gasteiger partial charge in [0, 0.05) is 4.83 Å². The number of benzene rings is 1. The molecule has 0 radical (unpaired) electrons. The van der Waals surface area contributed by atoms with E-state index in [2.05, 4.69) is 61.0 Å². The number of rotatable bonds is 4. The van der Waals surface area contributed by atoms with E-state index in [1.807, 2.05) is 0 Å². The molecule has 1 rings (SSSR count). The number of aliphatic carboxylic acids is 1. The second-order valence-electron chi connectivity index (χ2n) is 5.35. The van der Waals surface area contributed by atoms with Crippen LogP contribution < -0.4 is 0 Å². The Hall–Kier alpha value is -0.830. The Morgan fingerprint density at radius 2 is 1.82 bits per heavy atom. The molecule has 1 aromatic rings. The van der Waals surface area contributed by atoms with Crippen LogP contribution in [0, 0.1) is 0 Å².